The molecule has 5 aromatic rings. The van der Waals surface area contributed by atoms with E-state index in [9.17, 15) is 13.6 Å². The number of halogens is 2. The molecule has 10 nitrogen and oxygen atoms in total. The number of fused-ring (bicyclic) bond motifs is 2. The van der Waals surface area contributed by atoms with E-state index in [-0.39, 0.29) is 29.6 Å². The van der Waals surface area contributed by atoms with Crippen molar-refractivity contribution in [1.82, 2.24) is 34.8 Å². The van der Waals surface area contributed by atoms with Crippen LogP contribution < -0.4 is 0 Å². The summed E-state index contributed by atoms with van der Waals surface area (Å²) in [5.41, 5.74) is 2.61. The number of carbonyl (C=O) groups is 1. The summed E-state index contributed by atoms with van der Waals surface area (Å²) < 4.78 is 41.9. The van der Waals surface area contributed by atoms with Gasteiger partial charge in [-0.15, -0.1) is 10.2 Å². The van der Waals surface area contributed by atoms with Gasteiger partial charge in [0.1, 0.15) is 17.4 Å². The van der Waals surface area contributed by atoms with Gasteiger partial charge in [-0.25, -0.2) is 13.8 Å². The minimum atomic E-state index is -2.82. The molecule has 1 aliphatic rings. The van der Waals surface area contributed by atoms with Crippen LogP contribution in [0.25, 0.3) is 22.4 Å². The molecule has 0 unspecified atom stereocenters. The van der Waals surface area contributed by atoms with E-state index in [2.05, 4.69) is 25.3 Å². The summed E-state index contributed by atoms with van der Waals surface area (Å²) in [7, 11) is 1.77. The van der Waals surface area contributed by atoms with Gasteiger partial charge in [-0.05, 0) is 13.0 Å². The third kappa shape index (κ3) is 3.24. The van der Waals surface area contributed by atoms with Crippen molar-refractivity contribution in [3.63, 3.8) is 0 Å². The summed E-state index contributed by atoms with van der Waals surface area (Å²) in [4.78, 5) is 22.4. The van der Waals surface area contributed by atoms with Crippen LogP contribution in [0.3, 0.4) is 0 Å². The van der Waals surface area contributed by atoms with Crippen LogP contribution in [-0.4, -0.2) is 47.3 Å². The summed E-state index contributed by atoms with van der Waals surface area (Å²) in [6.45, 7) is 2.04. The van der Waals surface area contributed by atoms with E-state index >= 15 is 0 Å². The average molecular weight is 479 g/mol. The minimum absolute atomic E-state index is 0.0366. The van der Waals surface area contributed by atoms with Crippen molar-refractivity contribution >= 4 is 16.9 Å². The molecule has 178 valence electrons. The van der Waals surface area contributed by atoms with Gasteiger partial charge in [-0.2, -0.15) is 5.10 Å². The molecule has 0 bridgehead atoms. The number of carbonyl (C=O) groups excluding carboxylic acids is 1. The van der Waals surface area contributed by atoms with Crippen LogP contribution in [0, 0.1) is 6.92 Å². The largest absolute Gasteiger partial charge is 0.458 e. The van der Waals surface area contributed by atoms with Crippen molar-refractivity contribution in [2.45, 2.75) is 25.8 Å². The normalized spacial score (nSPS) is 15.8. The molecule has 0 fully saturated rings. The van der Waals surface area contributed by atoms with Gasteiger partial charge in [-0.1, -0.05) is 18.2 Å². The monoisotopic (exact) mass is 479 g/mol. The molecule has 1 atom stereocenters. The molecule has 12 heteroatoms. The number of amides is 1. The summed E-state index contributed by atoms with van der Waals surface area (Å²) in [6, 6.07) is 5.56. The molecule has 5 heterocycles. The second kappa shape index (κ2) is 7.86. The van der Waals surface area contributed by atoms with E-state index in [1.807, 2.05) is 6.92 Å². The minimum Gasteiger partial charge on any atom is -0.458 e. The Labute approximate surface area is 196 Å². The maximum absolute atomic E-state index is 14.3. The molecular weight excluding hydrogens is 460 g/mol. The Kier molecular flexibility index (Phi) is 4.76. The number of aromatic nitrogens is 6. The first-order chi connectivity index (χ1) is 16.9. The Hall–Kier alpha value is -4.35. The zero-order chi connectivity index (χ0) is 24.3. The molecule has 1 aromatic carbocycles. The zero-order valence-corrected chi connectivity index (χ0v) is 18.7. The van der Waals surface area contributed by atoms with Crippen LogP contribution in [-0.2, 0) is 13.5 Å². The zero-order valence-electron chi connectivity index (χ0n) is 18.7. The van der Waals surface area contributed by atoms with E-state index in [0.29, 0.717) is 28.6 Å². The first kappa shape index (κ1) is 21.2. The average Bonchev–Trinajstić information content (AvgIpc) is 3.64. The quantitative estimate of drug-likeness (QED) is 0.414. The Morgan fingerprint density at radius 1 is 1.23 bits per heavy atom. The summed E-state index contributed by atoms with van der Waals surface area (Å²) in [6.07, 6.45) is 0.676. The summed E-state index contributed by atoms with van der Waals surface area (Å²) >= 11 is 0. The Balaban J connectivity index is 1.45. The summed E-state index contributed by atoms with van der Waals surface area (Å²) in [5.74, 6) is -0.762. The number of aromatic amines is 1. The second-order valence-corrected chi connectivity index (χ2v) is 8.27. The van der Waals surface area contributed by atoms with Gasteiger partial charge in [-0.3, -0.25) is 9.48 Å². The number of nitrogens with one attached hydrogen (secondary N) is 1. The maximum Gasteiger partial charge on any atom is 0.312 e. The van der Waals surface area contributed by atoms with Crippen molar-refractivity contribution in [1.29, 1.82) is 0 Å². The molecular formula is C23H19F2N7O3. The van der Waals surface area contributed by atoms with E-state index in [1.54, 1.807) is 42.2 Å². The molecule has 1 N–H and O–H groups in total. The van der Waals surface area contributed by atoms with Gasteiger partial charge in [0.05, 0.1) is 29.3 Å². The number of furan rings is 1. The van der Waals surface area contributed by atoms with Gasteiger partial charge < -0.3 is 18.7 Å². The molecule has 0 aliphatic carbocycles. The number of H-pyrrole nitrogens is 1. The van der Waals surface area contributed by atoms with Crippen LogP contribution in [0.4, 0.5) is 8.78 Å². The number of para-hydroxylation sites is 1. The van der Waals surface area contributed by atoms with Crippen molar-refractivity contribution in [2.75, 3.05) is 6.54 Å². The van der Waals surface area contributed by atoms with Crippen LogP contribution in [0.15, 0.2) is 45.6 Å². The lowest BCUT2D eigenvalue weighted by Gasteiger charge is -2.33. The molecule has 1 amide bonds. The molecule has 4 aromatic heterocycles. The van der Waals surface area contributed by atoms with Crippen molar-refractivity contribution in [2.24, 2.45) is 7.05 Å². The first-order valence-corrected chi connectivity index (χ1v) is 10.9. The topological polar surface area (TPSA) is 119 Å². The second-order valence-electron chi connectivity index (χ2n) is 8.27. The highest BCUT2D eigenvalue weighted by Gasteiger charge is 2.41. The van der Waals surface area contributed by atoms with Gasteiger partial charge >= 0.3 is 11.8 Å². The van der Waals surface area contributed by atoms with Crippen molar-refractivity contribution in [3.8, 4) is 11.5 Å². The maximum atomic E-state index is 14.3. The van der Waals surface area contributed by atoms with Crippen LogP contribution in [0.2, 0.25) is 0 Å². The van der Waals surface area contributed by atoms with Gasteiger partial charge in [0.15, 0.2) is 0 Å². The number of hydrogen-bond donors (Lipinski definition) is 1. The smallest absolute Gasteiger partial charge is 0.312 e. The standard InChI is InChI=1S/C23H19F2N7O3/c1-11-13(9-28-31(11)2)21-29-30-22(35-21)23(33)32-8-7-14-17(27-10-26-14)18(32)19-16(20(24)25)12-5-3-4-6-15(12)34-19/h3-6,9-10,18,20H,7-8H2,1-2H3,(H,26,27)/t18-/m1/s1. The SMILES string of the molecule is Cc1c(-c2nnc(C(=O)N3CCc4[nH]cnc4[C@@H]3c3oc4ccccc4c3C(F)F)o2)cnn1C. The van der Waals surface area contributed by atoms with Crippen LogP contribution >= 0.6 is 0 Å². The lowest BCUT2D eigenvalue weighted by atomic mass is 9.97. The van der Waals surface area contributed by atoms with E-state index in [1.165, 1.54) is 11.2 Å². The lowest BCUT2D eigenvalue weighted by molar-refractivity contribution is 0.0623. The molecule has 0 radical (unpaired) electrons. The number of rotatable bonds is 4. The number of benzene rings is 1. The number of hydrogen-bond acceptors (Lipinski definition) is 7. The molecule has 1 aliphatic heterocycles. The van der Waals surface area contributed by atoms with Gasteiger partial charge in [0.2, 0.25) is 0 Å². The van der Waals surface area contributed by atoms with E-state index < -0.39 is 18.4 Å². The lowest BCUT2D eigenvalue weighted by Crippen LogP contribution is -2.41. The number of alkyl halides is 2. The third-order valence-corrected chi connectivity index (χ3v) is 6.39. The number of imidazole rings is 1. The molecule has 0 spiro atoms. The molecule has 6 rings (SSSR count). The fraction of sp³-hybridized carbons (Fsp3) is 0.261. The molecule has 0 saturated carbocycles. The Bertz CT molecular complexity index is 1560. The van der Waals surface area contributed by atoms with Crippen molar-refractivity contribution in [3.05, 3.63) is 71.1 Å². The van der Waals surface area contributed by atoms with E-state index in [0.717, 1.165) is 11.4 Å². The Morgan fingerprint density at radius 3 is 2.83 bits per heavy atom. The van der Waals surface area contributed by atoms with Crippen LogP contribution in [0.5, 0.6) is 0 Å². The number of aryl methyl sites for hydroxylation is 1. The predicted octanol–water partition coefficient (Wildman–Crippen LogP) is 3.97. The first-order valence-electron chi connectivity index (χ1n) is 10.9. The summed E-state index contributed by atoms with van der Waals surface area (Å²) in [5, 5.41) is 12.4. The fourth-order valence-electron chi connectivity index (χ4n) is 4.52. The third-order valence-electron chi connectivity index (χ3n) is 6.39. The van der Waals surface area contributed by atoms with Crippen LogP contribution in [0.1, 0.15) is 51.6 Å². The number of nitrogens with zero attached hydrogens (tertiary/aromatic N) is 6. The van der Waals surface area contributed by atoms with Gasteiger partial charge in [0, 0.05) is 36.8 Å². The highest BCUT2D eigenvalue weighted by molar-refractivity contribution is 5.91. The molecule has 35 heavy (non-hydrogen) atoms. The Morgan fingerprint density at radius 2 is 2.06 bits per heavy atom. The highest BCUT2D eigenvalue weighted by atomic mass is 19.3. The van der Waals surface area contributed by atoms with Crippen molar-refractivity contribution < 1.29 is 22.4 Å². The predicted molar refractivity (Wildman–Crippen MR) is 118 cm³/mol. The van der Waals surface area contributed by atoms with E-state index in [4.69, 9.17) is 8.83 Å². The van der Waals surface area contributed by atoms with Gasteiger partial charge in [0.25, 0.3) is 12.3 Å². The highest BCUT2D eigenvalue weighted by Crippen LogP contribution is 2.43. The fourth-order valence-corrected chi connectivity index (χ4v) is 4.52. The molecule has 0 saturated heterocycles.